The van der Waals surface area contributed by atoms with Crippen LogP contribution in [0.3, 0.4) is 0 Å². The summed E-state index contributed by atoms with van der Waals surface area (Å²) in [6.45, 7) is 5.91. The molecule has 1 aromatic heterocycles. The quantitative estimate of drug-likeness (QED) is 0.477. The Hall–Kier alpha value is -1.84. The first-order chi connectivity index (χ1) is 7.65. The topological polar surface area (TPSA) is 50.4 Å². The first-order valence-corrected chi connectivity index (χ1v) is 5.31. The Labute approximate surface area is 94.2 Å². The molecule has 4 heteroatoms. The van der Waals surface area contributed by atoms with E-state index >= 15 is 0 Å². The molecule has 0 saturated carbocycles. The van der Waals surface area contributed by atoms with Crippen molar-refractivity contribution in [3.63, 3.8) is 0 Å². The SMILES string of the molecule is C/C(=N/O)c1nn(C(C)C)c2ccccc12. The van der Waals surface area contributed by atoms with Crippen LogP contribution in [0.2, 0.25) is 0 Å². The number of para-hydroxylation sites is 1. The molecule has 0 radical (unpaired) electrons. The van der Waals surface area contributed by atoms with Crippen LogP contribution in [0, 0.1) is 0 Å². The molecule has 0 unspecified atom stereocenters. The van der Waals surface area contributed by atoms with E-state index in [0.717, 1.165) is 16.6 Å². The molecule has 0 aliphatic rings. The number of aromatic nitrogens is 2. The molecule has 0 saturated heterocycles. The van der Waals surface area contributed by atoms with E-state index in [0.29, 0.717) is 5.71 Å². The van der Waals surface area contributed by atoms with Gasteiger partial charge in [0.1, 0.15) is 11.4 Å². The highest BCUT2D eigenvalue weighted by Crippen LogP contribution is 2.21. The standard InChI is InChI=1S/C12H15N3O/c1-8(2)15-11-7-5-4-6-10(11)12(13-15)9(3)14-16/h4-8,16H,1-3H3/b14-9-. The summed E-state index contributed by atoms with van der Waals surface area (Å²) in [7, 11) is 0. The van der Waals surface area contributed by atoms with E-state index in [9.17, 15) is 0 Å². The highest BCUT2D eigenvalue weighted by atomic mass is 16.4. The van der Waals surface area contributed by atoms with Gasteiger partial charge in [-0.1, -0.05) is 23.4 Å². The van der Waals surface area contributed by atoms with Crippen LogP contribution in [0.25, 0.3) is 10.9 Å². The fourth-order valence-electron chi connectivity index (χ4n) is 1.80. The van der Waals surface area contributed by atoms with Gasteiger partial charge in [0.25, 0.3) is 0 Å². The molecule has 0 aliphatic heterocycles. The fourth-order valence-corrected chi connectivity index (χ4v) is 1.80. The lowest BCUT2D eigenvalue weighted by Crippen LogP contribution is -2.04. The van der Waals surface area contributed by atoms with Crippen LogP contribution in [-0.2, 0) is 0 Å². The predicted molar refractivity (Wildman–Crippen MR) is 64.1 cm³/mol. The van der Waals surface area contributed by atoms with E-state index < -0.39 is 0 Å². The van der Waals surface area contributed by atoms with E-state index in [1.165, 1.54) is 0 Å². The van der Waals surface area contributed by atoms with Crippen LogP contribution in [0.1, 0.15) is 32.5 Å². The van der Waals surface area contributed by atoms with Gasteiger partial charge in [0, 0.05) is 11.4 Å². The molecule has 2 rings (SSSR count). The van der Waals surface area contributed by atoms with Crippen molar-refractivity contribution < 1.29 is 5.21 Å². The molecule has 1 N–H and O–H groups in total. The molecule has 16 heavy (non-hydrogen) atoms. The Morgan fingerprint density at radius 1 is 1.38 bits per heavy atom. The van der Waals surface area contributed by atoms with Crippen LogP contribution in [0.5, 0.6) is 0 Å². The Balaban J connectivity index is 2.77. The van der Waals surface area contributed by atoms with Crippen LogP contribution < -0.4 is 0 Å². The molecule has 1 aromatic carbocycles. The van der Waals surface area contributed by atoms with E-state index in [4.69, 9.17) is 5.21 Å². The van der Waals surface area contributed by atoms with Gasteiger partial charge in [0.05, 0.1) is 5.52 Å². The van der Waals surface area contributed by atoms with Crippen molar-refractivity contribution in [2.45, 2.75) is 26.8 Å². The molecule has 2 aromatic rings. The molecule has 0 bridgehead atoms. The molecular formula is C12H15N3O. The first-order valence-electron chi connectivity index (χ1n) is 5.31. The van der Waals surface area contributed by atoms with Crippen molar-refractivity contribution >= 4 is 16.6 Å². The van der Waals surface area contributed by atoms with E-state index in [-0.39, 0.29) is 6.04 Å². The summed E-state index contributed by atoms with van der Waals surface area (Å²) in [6, 6.07) is 8.24. The Kier molecular flexibility index (Phi) is 2.64. The van der Waals surface area contributed by atoms with Gasteiger partial charge in [-0.05, 0) is 26.8 Å². The molecule has 1 heterocycles. The second-order valence-corrected chi connectivity index (χ2v) is 4.09. The van der Waals surface area contributed by atoms with Crippen LogP contribution >= 0.6 is 0 Å². The fraction of sp³-hybridized carbons (Fsp3) is 0.333. The zero-order chi connectivity index (χ0) is 11.7. The lowest BCUT2D eigenvalue weighted by atomic mass is 10.1. The minimum Gasteiger partial charge on any atom is -0.411 e. The molecule has 0 aliphatic carbocycles. The van der Waals surface area contributed by atoms with Crippen molar-refractivity contribution in [2.75, 3.05) is 0 Å². The summed E-state index contributed by atoms with van der Waals surface area (Å²) >= 11 is 0. The maximum absolute atomic E-state index is 8.83. The smallest absolute Gasteiger partial charge is 0.117 e. The molecule has 84 valence electrons. The maximum atomic E-state index is 8.83. The summed E-state index contributed by atoms with van der Waals surface area (Å²) < 4.78 is 1.94. The normalized spacial score (nSPS) is 12.6. The number of hydrogen-bond acceptors (Lipinski definition) is 3. The molecule has 0 atom stereocenters. The second kappa shape index (κ2) is 3.96. The van der Waals surface area contributed by atoms with E-state index in [1.807, 2.05) is 28.9 Å². The average molecular weight is 217 g/mol. The minimum atomic E-state index is 0.283. The number of benzene rings is 1. The summed E-state index contributed by atoms with van der Waals surface area (Å²) in [4.78, 5) is 0. The van der Waals surface area contributed by atoms with Gasteiger partial charge in [-0.2, -0.15) is 5.10 Å². The Morgan fingerprint density at radius 3 is 2.69 bits per heavy atom. The van der Waals surface area contributed by atoms with Crippen LogP contribution in [0.15, 0.2) is 29.4 Å². The van der Waals surface area contributed by atoms with Crippen molar-refractivity contribution in [3.8, 4) is 0 Å². The summed E-state index contributed by atoms with van der Waals surface area (Å²) in [5.74, 6) is 0. The first kappa shape index (κ1) is 10.7. The lowest BCUT2D eigenvalue weighted by molar-refractivity contribution is 0.319. The van der Waals surface area contributed by atoms with Gasteiger partial charge < -0.3 is 5.21 Å². The number of nitrogens with zero attached hydrogens (tertiary/aromatic N) is 3. The van der Waals surface area contributed by atoms with Crippen LogP contribution in [0.4, 0.5) is 0 Å². The van der Waals surface area contributed by atoms with E-state index in [2.05, 4.69) is 24.1 Å². The number of rotatable bonds is 2. The summed E-state index contributed by atoms with van der Waals surface area (Å²) in [5, 5.41) is 17.6. The molecule has 4 nitrogen and oxygen atoms in total. The number of fused-ring (bicyclic) bond motifs is 1. The average Bonchev–Trinajstić information content (AvgIpc) is 2.67. The number of oxime groups is 1. The number of hydrogen-bond donors (Lipinski definition) is 1. The molecular weight excluding hydrogens is 202 g/mol. The van der Waals surface area contributed by atoms with Crippen molar-refractivity contribution in [1.29, 1.82) is 0 Å². The van der Waals surface area contributed by atoms with E-state index in [1.54, 1.807) is 6.92 Å². The third-order valence-electron chi connectivity index (χ3n) is 2.60. The van der Waals surface area contributed by atoms with Gasteiger partial charge in [-0.15, -0.1) is 0 Å². The zero-order valence-corrected chi connectivity index (χ0v) is 9.68. The predicted octanol–water partition coefficient (Wildman–Crippen LogP) is 2.82. The largest absolute Gasteiger partial charge is 0.411 e. The van der Waals surface area contributed by atoms with Gasteiger partial charge in [-0.3, -0.25) is 4.68 Å². The molecule has 0 spiro atoms. The van der Waals surface area contributed by atoms with Gasteiger partial charge in [0.15, 0.2) is 0 Å². The minimum absolute atomic E-state index is 0.283. The Morgan fingerprint density at radius 2 is 2.06 bits per heavy atom. The molecule has 0 amide bonds. The Bertz CT molecular complexity index is 540. The third kappa shape index (κ3) is 1.56. The highest BCUT2D eigenvalue weighted by molar-refractivity contribution is 6.07. The summed E-state index contributed by atoms with van der Waals surface area (Å²) in [5.41, 5.74) is 2.35. The lowest BCUT2D eigenvalue weighted by Gasteiger charge is -2.05. The molecule has 0 fully saturated rings. The highest BCUT2D eigenvalue weighted by Gasteiger charge is 2.13. The zero-order valence-electron chi connectivity index (χ0n) is 9.68. The third-order valence-corrected chi connectivity index (χ3v) is 2.60. The maximum Gasteiger partial charge on any atom is 0.117 e. The van der Waals surface area contributed by atoms with Gasteiger partial charge >= 0.3 is 0 Å². The van der Waals surface area contributed by atoms with Crippen molar-refractivity contribution in [2.24, 2.45) is 5.16 Å². The second-order valence-electron chi connectivity index (χ2n) is 4.09. The summed E-state index contributed by atoms with van der Waals surface area (Å²) in [6.07, 6.45) is 0. The van der Waals surface area contributed by atoms with Crippen molar-refractivity contribution in [1.82, 2.24) is 9.78 Å². The monoisotopic (exact) mass is 217 g/mol. The van der Waals surface area contributed by atoms with Gasteiger partial charge in [-0.25, -0.2) is 0 Å². The van der Waals surface area contributed by atoms with Crippen LogP contribution in [-0.4, -0.2) is 20.7 Å². The van der Waals surface area contributed by atoms with Crippen molar-refractivity contribution in [3.05, 3.63) is 30.0 Å². The van der Waals surface area contributed by atoms with Gasteiger partial charge in [0.2, 0.25) is 0 Å².